The zero-order valence-electron chi connectivity index (χ0n) is 16.9. The van der Waals surface area contributed by atoms with Crippen LogP contribution in [0.3, 0.4) is 0 Å². The molecule has 0 unspecified atom stereocenters. The largest absolute Gasteiger partial charge is 0.464 e. The first-order valence-corrected chi connectivity index (χ1v) is 9.02. The molecule has 31 heavy (non-hydrogen) atoms. The van der Waals surface area contributed by atoms with Gasteiger partial charge in [0.15, 0.2) is 0 Å². The molecule has 0 heterocycles. The number of amides is 2. The Hall–Kier alpha value is -4.40. The molecule has 0 bridgehead atoms. The van der Waals surface area contributed by atoms with Gasteiger partial charge in [-0.1, -0.05) is 36.4 Å². The van der Waals surface area contributed by atoms with Crippen LogP contribution in [0.5, 0.6) is 0 Å². The lowest BCUT2D eigenvalue weighted by molar-refractivity contribution is -0.137. The molecule has 0 saturated heterocycles. The molecule has 0 saturated carbocycles. The van der Waals surface area contributed by atoms with Crippen LogP contribution < -0.4 is 16.0 Å². The zero-order valence-corrected chi connectivity index (χ0v) is 16.9. The number of carbonyl (C=O) groups is 4. The first-order valence-electron chi connectivity index (χ1n) is 9.02. The molecule has 2 aromatic rings. The molecule has 0 atom stereocenters. The lowest BCUT2D eigenvalue weighted by Crippen LogP contribution is -2.31. The molecule has 2 amide bonds. The highest BCUT2D eigenvalue weighted by Crippen LogP contribution is 2.03. The summed E-state index contributed by atoms with van der Waals surface area (Å²) in [6, 6.07) is 16.5. The van der Waals surface area contributed by atoms with E-state index in [-0.39, 0.29) is 11.4 Å². The number of methoxy groups -OCH3 is 2. The molecule has 160 valence electrons. The van der Waals surface area contributed by atoms with Gasteiger partial charge in [0.1, 0.15) is 11.4 Å². The minimum atomic E-state index is -0.821. The van der Waals surface area contributed by atoms with Crippen molar-refractivity contribution in [2.75, 3.05) is 14.2 Å². The molecule has 0 fully saturated rings. The van der Waals surface area contributed by atoms with E-state index in [0.29, 0.717) is 11.1 Å². The van der Waals surface area contributed by atoms with Crippen LogP contribution in [0.2, 0.25) is 0 Å². The van der Waals surface area contributed by atoms with E-state index in [2.05, 4.69) is 25.4 Å². The summed E-state index contributed by atoms with van der Waals surface area (Å²) in [5.41, 5.74) is 0.230. The van der Waals surface area contributed by atoms with Gasteiger partial charge in [-0.25, -0.2) is 9.59 Å². The van der Waals surface area contributed by atoms with E-state index >= 15 is 0 Å². The lowest BCUT2D eigenvalue weighted by Gasteiger charge is -2.10. The number of rotatable bonds is 8. The number of hydrogen-bond acceptors (Lipinski definition) is 7. The maximum absolute atomic E-state index is 12.3. The van der Waals surface area contributed by atoms with Crippen LogP contribution in [0.25, 0.3) is 0 Å². The van der Waals surface area contributed by atoms with Gasteiger partial charge >= 0.3 is 11.9 Å². The Morgan fingerprint density at radius 3 is 1.32 bits per heavy atom. The molecule has 0 aliphatic carbocycles. The van der Waals surface area contributed by atoms with E-state index in [9.17, 15) is 19.2 Å². The number of hydrogen-bond donors (Lipinski definition) is 3. The molecule has 3 N–H and O–H groups in total. The maximum Gasteiger partial charge on any atom is 0.356 e. The minimum absolute atomic E-state index is 0.216. The molecule has 0 aromatic heterocycles. The van der Waals surface area contributed by atoms with Crippen LogP contribution in [0, 0.1) is 0 Å². The van der Waals surface area contributed by atoms with Gasteiger partial charge in [-0.3, -0.25) is 9.59 Å². The lowest BCUT2D eigenvalue weighted by atomic mass is 10.2. The van der Waals surface area contributed by atoms with Crippen LogP contribution in [-0.2, 0) is 19.1 Å². The Labute approximate surface area is 178 Å². The van der Waals surface area contributed by atoms with Gasteiger partial charge in [0, 0.05) is 23.5 Å². The summed E-state index contributed by atoms with van der Waals surface area (Å²) in [7, 11) is 2.31. The van der Waals surface area contributed by atoms with E-state index in [0.717, 1.165) is 26.6 Å². The van der Waals surface area contributed by atoms with E-state index in [1.807, 2.05) is 0 Å². The fourth-order valence-electron chi connectivity index (χ4n) is 2.29. The number of esters is 2. The Balaban J connectivity index is 2.18. The van der Waals surface area contributed by atoms with Crippen molar-refractivity contribution in [2.45, 2.75) is 0 Å². The van der Waals surface area contributed by atoms with Crippen molar-refractivity contribution in [3.63, 3.8) is 0 Å². The Morgan fingerprint density at radius 2 is 1.00 bits per heavy atom. The van der Waals surface area contributed by atoms with E-state index in [4.69, 9.17) is 0 Å². The van der Waals surface area contributed by atoms with Crippen molar-refractivity contribution in [2.24, 2.45) is 0 Å². The van der Waals surface area contributed by atoms with Gasteiger partial charge in [0.25, 0.3) is 11.8 Å². The van der Waals surface area contributed by atoms with Crippen molar-refractivity contribution >= 4 is 23.8 Å². The number of benzene rings is 2. The predicted octanol–water partition coefficient (Wildman–Crippen LogP) is 1.46. The van der Waals surface area contributed by atoms with Crippen molar-refractivity contribution in [1.82, 2.24) is 16.0 Å². The summed E-state index contributed by atoms with van der Waals surface area (Å²) >= 11 is 0. The number of nitrogens with one attached hydrogen (secondary N) is 3. The van der Waals surface area contributed by atoms with Gasteiger partial charge in [0.05, 0.1) is 14.2 Å². The number of carbonyl (C=O) groups excluding carboxylic acids is 4. The molecule has 9 heteroatoms. The first-order chi connectivity index (χ1) is 15.0. The van der Waals surface area contributed by atoms with Crippen LogP contribution in [0.4, 0.5) is 0 Å². The van der Waals surface area contributed by atoms with Crippen LogP contribution in [-0.4, -0.2) is 38.0 Å². The predicted molar refractivity (Wildman–Crippen MR) is 111 cm³/mol. The van der Waals surface area contributed by atoms with Gasteiger partial charge in [-0.15, -0.1) is 0 Å². The molecule has 2 aromatic carbocycles. The van der Waals surface area contributed by atoms with Gasteiger partial charge in [-0.05, 0) is 24.3 Å². The summed E-state index contributed by atoms with van der Waals surface area (Å²) in [5, 5.41) is 7.41. The maximum atomic E-state index is 12.3. The fraction of sp³-hybridized carbons (Fsp3) is 0.0909. The highest BCUT2D eigenvalue weighted by molar-refractivity contribution is 6.02. The highest BCUT2D eigenvalue weighted by Gasteiger charge is 2.16. The normalized spacial score (nSPS) is 11.2. The highest BCUT2D eigenvalue weighted by atomic mass is 16.5. The van der Waals surface area contributed by atoms with Crippen molar-refractivity contribution in [3.8, 4) is 0 Å². The van der Waals surface area contributed by atoms with E-state index in [1.54, 1.807) is 60.7 Å². The second kappa shape index (κ2) is 11.6. The molecule has 0 radical (unpaired) electrons. The summed E-state index contributed by atoms with van der Waals surface area (Å²) in [4.78, 5) is 48.6. The molecule has 2 rings (SSSR count). The monoisotopic (exact) mass is 423 g/mol. The molecule has 0 spiro atoms. The summed E-state index contributed by atoms with van der Waals surface area (Å²) < 4.78 is 9.31. The molecular formula is C22H21N3O6. The second-order valence-corrected chi connectivity index (χ2v) is 5.91. The third-order valence-electron chi connectivity index (χ3n) is 3.83. The topological polar surface area (TPSA) is 123 Å². The molecule has 0 aliphatic heterocycles. The SMILES string of the molecule is COC(=O)/C(=C\N/C=C(/NC(=O)c1ccccc1)C(=O)OC)NC(=O)c1ccccc1. The minimum Gasteiger partial charge on any atom is -0.464 e. The Kier molecular flexibility index (Phi) is 8.54. The smallest absolute Gasteiger partial charge is 0.356 e. The van der Waals surface area contributed by atoms with Gasteiger partial charge in [0.2, 0.25) is 0 Å². The van der Waals surface area contributed by atoms with E-state index < -0.39 is 23.8 Å². The quantitative estimate of drug-likeness (QED) is 0.434. The second-order valence-electron chi connectivity index (χ2n) is 5.91. The first kappa shape index (κ1) is 22.9. The summed E-state index contributed by atoms with van der Waals surface area (Å²) in [5.74, 6) is -2.71. The van der Waals surface area contributed by atoms with Crippen LogP contribution in [0.1, 0.15) is 20.7 Å². The fourth-order valence-corrected chi connectivity index (χ4v) is 2.29. The van der Waals surface area contributed by atoms with E-state index in [1.165, 1.54) is 0 Å². The number of ether oxygens (including phenoxy) is 2. The molecule has 0 aliphatic rings. The summed E-state index contributed by atoms with van der Waals surface area (Å²) in [6.07, 6.45) is 2.23. The average Bonchev–Trinajstić information content (AvgIpc) is 2.82. The Bertz CT molecular complexity index is 919. The van der Waals surface area contributed by atoms with Crippen molar-refractivity contribution in [1.29, 1.82) is 0 Å². The molecule has 9 nitrogen and oxygen atoms in total. The van der Waals surface area contributed by atoms with Crippen LogP contribution >= 0.6 is 0 Å². The van der Waals surface area contributed by atoms with Gasteiger partial charge in [-0.2, -0.15) is 0 Å². The molecular weight excluding hydrogens is 402 g/mol. The van der Waals surface area contributed by atoms with Crippen molar-refractivity contribution < 1.29 is 28.7 Å². The van der Waals surface area contributed by atoms with Gasteiger partial charge < -0.3 is 25.4 Å². The van der Waals surface area contributed by atoms with Crippen LogP contribution in [0.15, 0.2) is 84.5 Å². The third kappa shape index (κ3) is 6.86. The third-order valence-corrected chi connectivity index (χ3v) is 3.83. The van der Waals surface area contributed by atoms with Crippen molar-refractivity contribution in [3.05, 3.63) is 95.6 Å². The summed E-state index contributed by atoms with van der Waals surface area (Å²) in [6.45, 7) is 0. The Morgan fingerprint density at radius 1 is 0.645 bits per heavy atom. The zero-order chi connectivity index (χ0) is 22.6. The average molecular weight is 423 g/mol. The standard InChI is InChI=1S/C22H21N3O6/c1-30-21(28)17(24-19(26)15-9-5-3-6-10-15)13-23-14-18(22(29)31-2)25-20(27)16-11-7-4-8-12-16/h3-14,23H,1-2H3,(H,24,26)(H,25,27)/b17-13+,18-14+.